The van der Waals surface area contributed by atoms with Crippen LogP contribution in [0, 0.1) is 23.1 Å². The fourth-order valence-corrected chi connectivity index (χ4v) is 5.02. The van der Waals surface area contributed by atoms with E-state index in [4.69, 9.17) is 20.9 Å². The molecule has 2 unspecified atom stereocenters. The van der Waals surface area contributed by atoms with Crippen molar-refractivity contribution < 1.29 is 9.13 Å². The van der Waals surface area contributed by atoms with Crippen LogP contribution in [-0.4, -0.2) is 50.8 Å². The van der Waals surface area contributed by atoms with Gasteiger partial charge in [0.1, 0.15) is 23.1 Å². The van der Waals surface area contributed by atoms with Crippen LogP contribution in [0.2, 0.25) is 0 Å². The molecule has 0 radical (unpaired) electrons. The maximum absolute atomic E-state index is 14.5. The molecule has 6 rings (SSSR count). The van der Waals surface area contributed by atoms with Crippen LogP contribution in [0.1, 0.15) is 26.1 Å². The maximum Gasteiger partial charge on any atom is 0.326 e. The molecule has 3 aromatic heterocycles. The third-order valence-corrected chi connectivity index (χ3v) is 6.84. The Morgan fingerprint density at radius 3 is 2.66 bits per heavy atom. The second-order valence-corrected chi connectivity index (χ2v) is 9.87. The van der Waals surface area contributed by atoms with Gasteiger partial charge >= 0.3 is 6.01 Å². The highest BCUT2D eigenvalue weighted by molar-refractivity contribution is 6.14. The molecule has 35 heavy (non-hydrogen) atoms. The van der Waals surface area contributed by atoms with E-state index in [1.807, 2.05) is 13.8 Å². The molecule has 1 saturated heterocycles. The molecule has 4 heterocycles. The molecule has 1 saturated carbocycles. The summed E-state index contributed by atoms with van der Waals surface area (Å²) in [6.45, 7) is 5.13. The number of benzene rings is 1. The summed E-state index contributed by atoms with van der Waals surface area (Å²) < 4.78 is 20.4. The minimum absolute atomic E-state index is 0.128. The molecule has 0 amide bonds. The average molecular weight is 476 g/mol. The van der Waals surface area contributed by atoms with Crippen molar-refractivity contribution in [1.82, 2.24) is 24.9 Å². The van der Waals surface area contributed by atoms with Gasteiger partial charge in [0.05, 0.1) is 34.5 Å². The zero-order chi connectivity index (χ0) is 24.5. The van der Waals surface area contributed by atoms with E-state index in [9.17, 15) is 4.39 Å². The van der Waals surface area contributed by atoms with E-state index in [-0.39, 0.29) is 17.7 Å². The molecule has 0 bridgehead atoms. The zero-order valence-corrected chi connectivity index (χ0v) is 19.7. The van der Waals surface area contributed by atoms with Gasteiger partial charge < -0.3 is 31.1 Å². The number of hydrogen-bond donors (Lipinski definition) is 4. The standard InChI is InChI=1S/C24H26FN9O/c1-24(2,27)22-29-7-13(8-30-22)35-23-32-20-18(14-5-12(25)6-17(28-3)19(14)31-20)21(33-23)34-9-11-4-16(26)15(11)10-34/h5-8,11,15,26,28H,4,9-10,27H2,1-3H3,(H,31,32,33). The lowest BCUT2D eigenvalue weighted by atomic mass is 9.74. The highest BCUT2D eigenvalue weighted by Gasteiger charge is 2.44. The SMILES string of the molecule is CNc1cc(F)cc2c1[nH]c1nc(Oc3cnc(C(C)(C)N)nc3)nc(N3CC4CC(=N)C4C3)c12. The van der Waals surface area contributed by atoms with Crippen LogP contribution in [-0.2, 0) is 5.54 Å². The number of ether oxygens (including phenoxy) is 1. The summed E-state index contributed by atoms with van der Waals surface area (Å²) >= 11 is 0. The molecule has 10 nitrogen and oxygen atoms in total. The van der Waals surface area contributed by atoms with Crippen molar-refractivity contribution in [3.05, 3.63) is 36.2 Å². The number of halogens is 1. The minimum atomic E-state index is -0.672. The number of nitrogens with one attached hydrogen (secondary N) is 3. The Morgan fingerprint density at radius 1 is 1.23 bits per heavy atom. The lowest BCUT2D eigenvalue weighted by Gasteiger charge is -2.29. The number of H-pyrrole nitrogens is 1. The van der Waals surface area contributed by atoms with Gasteiger partial charge in [0, 0.05) is 37.2 Å². The number of aromatic amines is 1. The number of nitrogens with two attached hydrogens (primary N) is 1. The first kappa shape index (κ1) is 21.7. The Hall–Kier alpha value is -3.86. The third-order valence-electron chi connectivity index (χ3n) is 6.84. The number of fused-ring (bicyclic) bond motifs is 4. The largest absolute Gasteiger partial charge is 0.421 e. The Kier molecular flexibility index (Phi) is 4.69. The molecule has 1 aliphatic carbocycles. The summed E-state index contributed by atoms with van der Waals surface area (Å²) in [5.41, 5.74) is 8.09. The molecule has 2 aliphatic rings. The monoisotopic (exact) mass is 475 g/mol. The van der Waals surface area contributed by atoms with Crippen LogP contribution in [0.15, 0.2) is 24.5 Å². The number of anilines is 2. The molecule has 4 aromatic rings. The van der Waals surface area contributed by atoms with E-state index >= 15 is 0 Å². The summed E-state index contributed by atoms with van der Waals surface area (Å²) in [4.78, 5) is 23.4. The molecule has 0 spiro atoms. The number of aromatic nitrogens is 5. The molecule has 1 aromatic carbocycles. The molecule has 5 N–H and O–H groups in total. The fourth-order valence-electron chi connectivity index (χ4n) is 5.02. The van der Waals surface area contributed by atoms with Crippen LogP contribution in [0.5, 0.6) is 11.8 Å². The Balaban J connectivity index is 1.47. The maximum atomic E-state index is 14.5. The van der Waals surface area contributed by atoms with Gasteiger partial charge in [-0.15, -0.1) is 0 Å². The summed E-state index contributed by atoms with van der Waals surface area (Å²) in [5, 5.41) is 12.6. The Bertz CT molecular complexity index is 1470. The van der Waals surface area contributed by atoms with E-state index in [1.165, 1.54) is 12.1 Å². The van der Waals surface area contributed by atoms with Crippen molar-refractivity contribution in [2.24, 2.45) is 17.6 Å². The summed E-state index contributed by atoms with van der Waals surface area (Å²) in [5.74, 6) is 1.86. The first-order chi connectivity index (χ1) is 16.7. The highest BCUT2D eigenvalue weighted by atomic mass is 19.1. The second kappa shape index (κ2) is 7.57. The average Bonchev–Trinajstić information content (AvgIpc) is 3.35. The number of hydrogen-bond acceptors (Lipinski definition) is 9. The van der Waals surface area contributed by atoms with Crippen molar-refractivity contribution in [1.29, 1.82) is 5.41 Å². The van der Waals surface area contributed by atoms with Crippen LogP contribution >= 0.6 is 0 Å². The van der Waals surface area contributed by atoms with E-state index in [0.717, 1.165) is 29.6 Å². The van der Waals surface area contributed by atoms with Gasteiger partial charge in [-0.25, -0.2) is 14.4 Å². The van der Waals surface area contributed by atoms with Crippen molar-refractivity contribution in [3.8, 4) is 11.8 Å². The molecule has 11 heteroatoms. The topological polar surface area (TPSA) is 142 Å². The molecule has 2 fully saturated rings. The number of rotatable bonds is 5. The quantitative estimate of drug-likeness (QED) is 0.343. The highest BCUT2D eigenvalue weighted by Crippen LogP contribution is 2.43. The summed E-state index contributed by atoms with van der Waals surface area (Å²) in [7, 11) is 1.75. The van der Waals surface area contributed by atoms with Crippen LogP contribution in [0.25, 0.3) is 21.9 Å². The molecule has 1 aliphatic heterocycles. The minimum Gasteiger partial charge on any atom is -0.421 e. The molecule has 180 valence electrons. The van der Waals surface area contributed by atoms with E-state index in [1.54, 1.807) is 19.4 Å². The van der Waals surface area contributed by atoms with Gasteiger partial charge in [0.2, 0.25) is 0 Å². The first-order valence-electron chi connectivity index (χ1n) is 11.5. The predicted octanol–water partition coefficient (Wildman–Crippen LogP) is 3.54. The predicted molar refractivity (Wildman–Crippen MR) is 132 cm³/mol. The van der Waals surface area contributed by atoms with Crippen LogP contribution in [0.3, 0.4) is 0 Å². The second-order valence-electron chi connectivity index (χ2n) is 9.87. The molecular formula is C24H26FN9O. The van der Waals surface area contributed by atoms with Crippen molar-refractivity contribution >= 4 is 39.2 Å². The summed E-state index contributed by atoms with van der Waals surface area (Å²) in [6, 6.07) is 3.07. The van der Waals surface area contributed by atoms with Gasteiger partial charge in [0.25, 0.3) is 0 Å². The van der Waals surface area contributed by atoms with Crippen molar-refractivity contribution in [2.45, 2.75) is 25.8 Å². The van der Waals surface area contributed by atoms with Crippen molar-refractivity contribution in [3.63, 3.8) is 0 Å². The first-order valence-corrected chi connectivity index (χ1v) is 11.5. The normalized spacial score (nSPS) is 19.8. The van der Waals surface area contributed by atoms with Gasteiger partial charge in [0.15, 0.2) is 5.75 Å². The Labute approximate surface area is 200 Å². The van der Waals surface area contributed by atoms with Crippen molar-refractivity contribution in [2.75, 3.05) is 30.4 Å². The van der Waals surface area contributed by atoms with Gasteiger partial charge in [-0.3, -0.25) is 0 Å². The Morgan fingerprint density at radius 2 is 2.00 bits per heavy atom. The van der Waals surface area contributed by atoms with E-state index < -0.39 is 5.54 Å². The van der Waals surface area contributed by atoms with Crippen LogP contribution < -0.4 is 20.7 Å². The number of nitrogens with zero attached hydrogens (tertiary/aromatic N) is 5. The third kappa shape index (κ3) is 3.54. The van der Waals surface area contributed by atoms with Gasteiger partial charge in [-0.05, 0) is 38.3 Å². The van der Waals surface area contributed by atoms with Gasteiger partial charge in [-0.2, -0.15) is 9.97 Å². The zero-order valence-electron chi connectivity index (χ0n) is 19.7. The fraction of sp³-hybridized carbons (Fsp3) is 0.375. The lowest BCUT2D eigenvalue weighted by Crippen LogP contribution is -2.34. The van der Waals surface area contributed by atoms with E-state index in [0.29, 0.717) is 46.6 Å². The van der Waals surface area contributed by atoms with Crippen LogP contribution in [0.4, 0.5) is 15.9 Å². The molecule has 2 atom stereocenters. The van der Waals surface area contributed by atoms with Gasteiger partial charge in [-0.1, -0.05) is 0 Å². The van der Waals surface area contributed by atoms with E-state index in [2.05, 4.69) is 30.2 Å². The summed E-state index contributed by atoms with van der Waals surface area (Å²) in [6.07, 6.45) is 3.90. The molecular weight excluding hydrogens is 449 g/mol. The smallest absolute Gasteiger partial charge is 0.326 e. The lowest BCUT2D eigenvalue weighted by molar-refractivity contribution is 0.434.